The van der Waals surface area contributed by atoms with Gasteiger partial charge in [0.1, 0.15) is 0 Å². The van der Waals surface area contributed by atoms with Crippen LogP contribution in [0, 0.1) is 26.7 Å². The lowest BCUT2D eigenvalue weighted by Gasteiger charge is -2.25. The van der Waals surface area contributed by atoms with Crippen LogP contribution in [0.25, 0.3) is 0 Å². The lowest BCUT2D eigenvalue weighted by Crippen LogP contribution is -2.11. The summed E-state index contributed by atoms with van der Waals surface area (Å²) < 4.78 is 0. The van der Waals surface area contributed by atoms with Gasteiger partial charge in [0.2, 0.25) is 0 Å². The van der Waals surface area contributed by atoms with Crippen LogP contribution < -0.4 is 0 Å². The van der Waals surface area contributed by atoms with Gasteiger partial charge in [0.15, 0.2) is 0 Å². The number of rotatable bonds is 5. The third kappa shape index (κ3) is 4.97. The molecule has 1 atom stereocenters. The Hall–Kier alpha value is -1.56. The fourth-order valence-electron chi connectivity index (χ4n) is 4.02. The van der Waals surface area contributed by atoms with Gasteiger partial charge < -0.3 is 0 Å². The molecule has 0 saturated carbocycles. The molecule has 0 fully saturated rings. The number of benzene rings is 1. The maximum atomic E-state index is 2.53. The Morgan fingerprint density at radius 3 is 2.08 bits per heavy atom. The molecule has 1 aliphatic rings. The molecular weight excluding hydrogens is 300 g/mol. The van der Waals surface area contributed by atoms with E-state index in [1.807, 2.05) is 0 Å². The van der Waals surface area contributed by atoms with Crippen molar-refractivity contribution < 1.29 is 0 Å². The summed E-state index contributed by atoms with van der Waals surface area (Å²) >= 11 is 0. The van der Waals surface area contributed by atoms with Crippen LogP contribution in [-0.4, -0.2) is 0 Å². The first-order valence-electron chi connectivity index (χ1n) is 9.76. The molecule has 0 aliphatic heterocycles. The molecule has 0 heteroatoms. The van der Waals surface area contributed by atoms with E-state index >= 15 is 0 Å². The number of hydrogen-bond donors (Lipinski definition) is 0. The van der Waals surface area contributed by atoms with Gasteiger partial charge in [0.25, 0.3) is 0 Å². The molecule has 1 aromatic carbocycles. The molecule has 0 spiro atoms. The van der Waals surface area contributed by atoms with E-state index in [0.717, 1.165) is 6.42 Å². The minimum atomic E-state index is 0.648. The highest BCUT2D eigenvalue weighted by Gasteiger charge is 2.18. The highest BCUT2D eigenvalue weighted by molar-refractivity contribution is 5.40. The van der Waals surface area contributed by atoms with Gasteiger partial charge >= 0.3 is 0 Å². The summed E-state index contributed by atoms with van der Waals surface area (Å²) in [4.78, 5) is 0. The zero-order valence-corrected chi connectivity index (χ0v) is 17.6. The maximum absolute atomic E-state index is 2.53. The van der Waals surface area contributed by atoms with Crippen molar-refractivity contribution in [3.8, 4) is 0 Å². The van der Waals surface area contributed by atoms with Gasteiger partial charge in [-0.1, -0.05) is 40.5 Å². The lowest BCUT2D eigenvalue weighted by molar-refractivity contribution is 0.615. The van der Waals surface area contributed by atoms with Crippen LogP contribution in [0.1, 0.15) is 76.1 Å². The smallest absolute Gasteiger partial charge is 0.0150 e. The topological polar surface area (TPSA) is 0 Å². The maximum Gasteiger partial charge on any atom is -0.0150 e. The number of allylic oxidation sites excluding steroid dienone is 6. The molecule has 1 unspecified atom stereocenters. The van der Waals surface area contributed by atoms with E-state index in [9.17, 15) is 0 Å². The third-order valence-electron chi connectivity index (χ3n) is 6.13. The van der Waals surface area contributed by atoms with E-state index in [-0.39, 0.29) is 0 Å². The van der Waals surface area contributed by atoms with Crippen LogP contribution in [0.5, 0.6) is 0 Å². The van der Waals surface area contributed by atoms with Crippen molar-refractivity contribution in [2.75, 3.05) is 0 Å². The second-order valence-electron chi connectivity index (χ2n) is 8.41. The predicted octanol–water partition coefficient (Wildman–Crippen LogP) is 7.57. The Kier molecular flexibility index (Phi) is 6.49. The van der Waals surface area contributed by atoms with Gasteiger partial charge in [-0.3, -0.25) is 0 Å². The van der Waals surface area contributed by atoms with Crippen LogP contribution in [0.4, 0.5) is 0 Å². The van der Waals surface area contributed by atoms with Gasteiger partial charge in [0.05, 0.1) is 0 Å². The second-order valence-corrected chi connectivity index (χ2v) is 8.41. The highest BCUT2D eigenvalue weighted by atomic mass is 14.2. The van der Waals surface area contributed by atoms with Crippen LogP contribution in [0.3, 0.4) is 0 Å². The summed E-state index contributed by atoms with van der Waals surface area (Å²) in [5.74, 6) is 0.648. The molecule has 2 rings (SSSR count). The molecule has 0 amide bonds. The minimum Gasteiger partial charge on any atom is -0.0776 e. The van der Waals surface area contributed by atoms with Crippen LogP contribution in [0.15, 0.2) is 46.1 Å². The van der Waals surface area contributed by atoms with Gasteiger partial charge in [-0.15, -0.1) is 0 Å². The van der Waals surface area contributed by atoms with Crippen LogP contribution >= 0.6 is 0 Å². The van der Waals surface area contributed by atoms with Gasteiger partial charge in [-0.2, -0.15) is 0 Å². The molecule has 0 saturated heterocycles. The Morgan fingerprint density at radius 2 is 1.56 bits per heavy atom. The molecule has 0 N–H and O–H groups in total. The number of aryl methyl sites for hydroxylation is 2. The molecule has 1 aliphatic carbocycles. The molecule has 0 aromatic heterocycles. The summed E-state index contributed by atoms with van der Waals surface area (Å²) in [6.45, 7) is 18.1. The molecule has 0 radical (unpaired) electrons. The first-order valence-corrected chi connectivity index (χ1v) is 9.76. The Morgan fingerprint density at radius 1 is 0.960 bits per heavy atom. The molecular formula is C25H36. The zero-order valence-electron chi connectivity index (χ0n) is 17.6. The standard InChI is InChI=1S/C25H36/c1-16(2)17(3)9-10-25-20(6)13-24(14-21(25)7)15-23-11-18(4)22(8)19(5)12-23/h11-13,24H,9-10,14-15H2,1-8H3. The second kappa shape index (κ2) is 8.21. The minimum absolute atomic E-state index is 0.648. The Labute approximate surface area is 155 Å². The first-order chi connectivity index (χ1) is 11.7. The summed E-state index contributed by atoms with van der Waals surface area (Å²) in [6, 6.07) is 4.77. The van der Waals surface area contributed by atoms with Crippen molar-refractivity contribution in [3.63, 3.8) is 0 Å². The van der Waals surface area contributed by atoms with E-state index in [0.29, 0.717) is 5.92 Å². The summed E-state index contributed by atoms with van der Waals surface area (Å²) in [6.07, 6.45) is 7.30. The summed E-state index contributed by atoms with van der Waals surface area (Å²) in [5.41, 5.74) is 13.5. The van der Waals surface area contributed by atoms with Gasteiger partial charge in [0, 0.05) is 0 Å². The van der Waals surface area contributed by atoms with Crippen molar-refractivity contribution in [2.45, 2.75) is 81.1 Å². The van der Waals surface area contributed by atoms with Crippen LogP contribution in [-0.2, 0) is 6.42 Å². The average molecular weight is 337 g/mol. The van der Waals surface area contributed by atoms with Crippen molar-refractivity contribution in [1.82, 2.24) is 0 Å². The lowest BCUT2D eigenvalue weighted by atomic mass is 9.80. The molecule has 0 nitrogen and oxygen atoms in total. The average Bonchev–Trinajstić information content (AvgIpc) is 2.51. The molecule has 0 heterocycles. The fraction of sp³-hybridized carbons (Fsp3) is 0.520. The van der Waals surface area contributed by atoms with E-state index in [1.165, 1.54) is 52.7 Å². The third-order valence-corrected chi connectivity index (χ3v) is 6.13. The van der Waals surface area contributed by atoms with E-state index in [2.05, 4.69) is 73.6 Å². The highest BCUT2D eigenvalue weighted by Crippen LogP contribution is 2.34. The summed E-state index contributed by atoms with van der Waals surface area (Å²) in [5, 5.41) is 0. The van der Waals surface area contributed by atoms with Crippen molar-refractivity contribution >= 4 is 0 Å². The largest absolute Gasteiger partial charge is 0.0776 e. The van der Waals surface area contributed by atoms with Crippen molar-refractivity contribution in [1.29, 1.82) is 0 Å². The molecule has 1 aromatic rings. The van der Waals surface area contributed by atoms with Gasteiger partial charge in [-0.25, -0.2) is 0 Å². The van der Waals surface area contributed by atoms with Crippen LogP contribution in [0.2, 0.25) is 0 Å². The van der Waals surface area contributed by atoms with Crippen molar-refractivity contribution in [2.24, 2.45) is 5.92 Å². The zero-order chi connectivity index (χ0) is 18.7. The predicted molar refractivity (Wildman–Crippen MR) is 112 cm³/mol. The normalized spacial score (nSPS) is 17.6. The molecule has 25 heavy (non-hydrogen) atoms. The van der Waals surface area contributed by atoms with E-state index in [4.69, 9.17) is 0 Å². The van der Waals surface area contributed by atoms with Gasteiger partial charge in [-0.05, 0) is 115 Å². The van der Waals surface area contributed by atoms with Crippen molar-refractivity contribution in [3.05, 3.63) is 68.3 Å². The summed E-state index contributed by atoms with van der Waals surface area (Å²) in [7, 11) is 0. The first kappa shape index (κ1) is 19.8. The quantitative estimate of drug-likeness (QED) is 0.486. The molecule has 136 valence electrons. The monoisotopic (exact) mass is 336 g/mol. The fourth-order valence-corrected chi connectivity index (χ4v) is 4.02. The van der Waals surface area contributed by atoms with E-state index < -0.39 is 0 Å². The van der Waals surface area contributed by atoms with E-state index in [1.54, 1.807) is 16.7 Å². The molecule has 0 bridgehead atoms. The Balaban J connectivity index is 2.10. The SMILES string of the molecule is CC1=CC(Cc2cc(C)c(C)c(C)c2)CC(C)=C1CCC(C)=C(C)C. The Bertz CT molecular complexity index is 710. The number of hydrogen-bond acceptors (Lipinski definition) is 0.